The van der Waals surface area contributed by atoms with Crippen LogP contribution >= 0.6 is 0 Å². The largest absolute Gasteiger partial charge is 0.494 e. The zero-order valence-corrected chi connectivity index (χ0v) is 16.2. The van der Waals surface area contributed by atoms with Gasteiger partial charge in [0.05, 0.1) is 12.8 Å². The van der Waals surface area contributed by atoms with Gasteiger partial charge in [-0.15, -0.1) is 10.2 Å². The maximum Gasteiger partial charge on any atom is 0.294 e. The lowest BCUT2D eigenvalue weighted by Crippen LogP contribution is -2.17. The molecule has 0 unspecified atom stereocenters. The highest BCUT2D eigenvalue weighted by Gasteiger charge is 2.18. The van der Waals surface area contributed by atoms with Crippen LogP contribution in [0, 0.1) is 13.8 Å². The van der Waals surface area contributed by atoms with Gasteiger partial charge in [0.25, 0.3) is 11.7 Å². The summed E-state index contributed by atoms with van der Waals surface area (Å²) in [6.45, 7) is 5.65. The molecule has 0 fully saturated rings. The summed E-state index contributed by atoms with van der Waals surface area (Å²) in [4.78, 5) is 28.8. The van der Waals surface area contributed by atoms with E-state index in [4.69, 9.17) is 4.74 Å². The third kappa shape index (κ3) is 3.93. The second-order valence-corrected chi connectivity index (χ2v) is 6.37. The van der Waals surface area contributed by atoms with E-state index in [1.54, 1.807) is 22.6 Å². The number of benzene rings is 1. The number of carbonyl (C=O) groups is 2. The number of methoxy groups -OCH3 is 1. The smallest absolute Gasteiger partial charge is 0.294 e. The lowest BCUT2D eigenvalue weighted by atomic mass is 10.2. The standard InChI is InChI=1S/C19H22N6O3/c1-5-6-16(26)22-14-8-7-13(10-15(14)28-4)21-18(27)17-23-24-19-20-11(2)9-12(3)25(17)19/h7-10H,5-6H2,1-4H3,(H,21,27)(H,22,26). The van der Waals surface area contributed by atoms with E-state index in [0.717, 1.165) is 17.8 Å². The fourth-order valence-corrected chi connectivity index (χ4v) is 2.88. The highest BCUT2D eigenvalue weighted by molar-refractivity contribution is 6.02. The van der Waals surface area contributed by atoms with Crippen molar-refractivity contribution in [2.45, 2.75) is 33.6 Å². The minimum atomic E-state index is -0.425. The number of nitrogens with zero attached hydrogens (tertiary/aromatic N) is 4. The molecule has 0 atom stereocenters. The van der Waals surface area contributed by atoms with Gasteiger partial charge >= 0.3 is 0 Å². The Morgan fingerprint density at radius 1 is 1.14 bits per heavy atom. The maximum atomic E-state index is 12.7. The molecule has 0 saturated heterocycles. The second-order valence-electron chi connectivity index (χ2n) is 6.37. The normalized spacial score (nSPS) is 10.7. The van der Waals surface area contributed by atoms with Gasteiger partial charge in [-0.05, 0) is 38.5 Å². The topological polar surface area (TPSA) is 111 Å². The third-order valence-electron chi connectivity index (χ3n) is 4.11. The molecule has 0 saturated carbocycles. The molecule has 2 heterocycles. The number of hydrogen-bond acceptors (Lipinski definition) is 6. The molecule has 0 aliphatic heterocycles. The molecule has 0 radical (unpaired) electrons. The van der Waals surface area contributed by atoms with Crippen molar-refractivity contribution in [3.63, 3.8) is 0 Å². The number of amides is 2. The average molecular weight is 382 g/mol. The van der Waals surface area contributed by atoms with Gasteiger partial charge in [0.1, 0.15) is 5.75 Å². The van der Waals surface area contributed by atoms with Crippen molar-refractivity contribution in [3.05, 3.63) is 41.5 Å². The molecular formula is C19H22N6O3. The van der Waals surface area contributed by atoms with Crippen LogP contribution in [0.5, 0.6) is 5.75 Å². The molecule has 3 rings (SSSR count). The number of aryl methyl sites for hydroxylation is 2. The first-order chi connectivity index (χ1) is 13.4. The number of nitrogens with one attached hydrogen (secondary N) is 2. The molecule has 9 heteroatoms. The van der Waals surface area contributed by atoms with Crippen LogP contribution in [0.1, 0.15) is 41.8 Å². The number of fused-ring (bicyclic) bond motifs is 1. The molecule has 3 aromatic rings. The van der Waals surface area contributed by atoms with E-state index in [0.29, 0.717) is 29.3 Å². The first kappa shape index (κ1) is 19.3. The monoisotopic (exact) mass is 382 g/mol. The Morgan fingerprint density at radius 3 is 2.64 bits per heavy atom. The third-order valence-corrected chi connectivity index (χ3v) is 4.11. The van der Waals surface area contributed by atoms with Crippen molar-refractivity contribution in [1.82, 2.24) is 19.6 Å². The minimum Gasteiger partial charge on any atom is -0.494 e. The molecule has 0 aliphatic rings. The molecular weight excluding hydrogens is 360 g/mol. The predicted octanol–water partition coefficient (Wildman–Crippen LogP) is 2.74. The summed E-state index contributed by atoms with van der Waals surface area (Å²) in [7, 11) is 1.50. The molecule has 0 spiro atoms. The molecule has 2 N–H and O–H groups in total. The van der Waals surface area contributed by atoms with Crippen LogP contribution in [0.25, 0.3) is 5.78 Å². The fourth-order valence-electron chi connectivity index (χ4n) is 2.88. The molecule has 28 heavy (non-hydrogen) atoms. The van der Waals surface area contributed by atoms with Gasteiger partial charge < -0.3 is 15.4 Å². The number of anilines is 2. The number of rotatable bonds is 6. The average Bonchev–Trinajstić information content (AvgIpc) is 3.07. The first-order valence-corrected chi connectivity index (χ1v) is 8.91. The summed E-state index contributed by atoms with van der Waals surface area (Å²) >= 11 is 0. The first-order valence-electron chi connectivity index (χ1n) is 8.91. The van der Waals surface area contributed by atoms with Crippen molar-refractivity contribution in [1.29, 1.82) is 0 Å². The zero-order valence-electron chi connectivity index (χ0n) is 16.2. The van der Waals surface area contributed by atoms with Crippen molar-refractivity contribution in [3.8, 4) is 5.75 Å². The lowest BCUT2D eigenvalue weighted by molar-refractivity contribution is -0.116. The Kier molecular flexibility index (Phi) is 5.53. The van der Waals surface area contributed by atoms with E-state index in [9.17, 15) is 9.59 Å². The van der Waals surface area contributed by atoms with E-state index in [-0.39, 0.29) is 11.7 Å². The Balaban J connectivity index is 1.84. The molecule has 0 aliphatic carbocycles. The number of ether oxygens (including phenoxy) is 1. The van der Waals surface area contributed by atoms with Crippen molar-refractivity contribution < 1.29 is 14.3 Å². The van der Waals surface area contributed by atoms with Crippen molar-refractivity contribution >= 4 is 29.0 Å². The van der Waals surface area contributed by atoms with E-state index >= 15 is 0 Å². The summed E-state index contributed by atoms with van der Waals surface area (Å²) < 4.78 is 6.93. The number of aromatic nitrogens is 4. The highest BCUT2D eigenvalue weighted by atomic mass is 16.5. The molecule has 146 valence electrons. The summed E-state index contributed by atoms with van der Waals surface area (Å²) in [6, 6.07) is 6.85. The number of carbonyl (C=O) groups excluding carboxylic acids is 2. The van der Waals surface area contributed by atoms with E-state index in [1.807, 2.05) is 26.8 Å². The molecule has 2 aromatic heterocycles. The molecule has 0 bridgehead atoms. The maximum absolute atomic E-state index is 12.7. The Bertz CT molecular complexity index is 1040. The van der Waals surface area contributed by atoms with Crippen LogP contribution in [-0.2, 0) is 4.79 Å². The van der Waals surface area contributed by atoms with Crippen LogP contribution in [-0.4, -0.2) is 38.5 Å². The molecule has 9 nitrogen and oxygen atoms in total. The van der Waals surface area contributed by atoms with Crippen LogP contribution in [0.2, 0.25) is 0 Å². The fraction of sp³-hybridized carbons (Fsp3) is 0.316. The van der Waals surface area contributed by atoms with Crippen LogP contribution in [0.4, 0.5) is 11.4 Å². The minimum absolute atomic E-state index is 0.0919. The van der Waals surface area contributed by atoms with Gasteiger partial charge in [-0.2, -0.15) is 0 Å². The molecule has 1 aromatic carbocycles. The Labute approximate surface area is 162 Å². The second kappa shape index (κ2) is 8.03. The van der Waals surface area contributed by atoms with Crippen molar-refractivity contribution in [2.24, 2.45) is 0 Å². The van der Waals surface area contributed by atoms with Gasteiger partial charge in [0.15, 0.2) is 0 Å². The van der Waals surface area contributed by atoms with Crippen molar-refractivity contribution in [2.75, 3.05) is 17.7 Å². The molecule has 2 amide bonds. The van der Waals surface area contributed by atoms with Gasteiger partial charge in [0, 0.05) is 29.6 Å². The Hall–Kier alpha value is -3.49. The number of hydrogen-bond donors (Lipinski definition) is 2. The van der Waals surface area contributed by atoms with Crippen LogP contribution < -0.4 is 15.4 Å². The lowest BCUT2D eigenvalue weighted by Gasteiger charge is -2.12. The van der Waals surface area contributed by atoms with Crippen LogP contribution in [0.15, 0.2) is 24.3 Å². The predicted molar refractivity (Wildman–Crippen MR) is 105 cm³/mol. The summed E-state index contributed by atoms with van der Waals surface area (Å²) in [5, 5.41) is 13.5. The summed E-state index contributed by atoms with van der Waals surface area (Å²) in [6.07, 6.45) is 1.18. The quantitative estimate of drug-likeness (QED) is 0.678. The van der Waals surface area contributed by atoms with Gasteiger partial charge in [0.2, 0.25) is 11.7 Å². The van der Waals surface area contributed by atoms with Gasteiger partial charge in [-0.25, -0.2) is 4.98 Å². The summed E-state index contributed by atoms with van der Waals surface area (Å²) in [5.74, 6) is 0.437. The Morgan fingerprint density at radius 2 is 1.93 bits per heavy atom. The SMILES string of the molecule is CCCC(=O)Nc1ccc(NC(=O)c2nnc3nc(C)cc(C)n23)cc1OC. The van der Waals surface area contributed by atoms with E-state index < -0.39 is 5.91 Å². The van der Waals surface area contributed by atoms with E-state index in [2.05, 4.69) is 25.8 Å². The summed E-state index contributed by atoms with van der Waals surface area (Å²) in [5.41, 5.74) is 2.66. The van der Waals surface area contributed by atoms with Gasteiger partial charge in [-0.1, -0.05) is 6.92 Å². The highest BCUT2D eigenvalue weighted by Crippen LogP contribution is 2.28. The van der Waals surface area contributed by atoms with E-state index in [1.165, 1.54) is 7.11 Å². The van der Waals surface area contributed by atoms with Gasteiger partial charge in [-0.3, -0.25) is 14.0 Å². The van der Waals surface area contributed by atoms with Crippen LogP contribution in [0.3, 0.4) is 0 Å². The zero-order chi connectivity index (χ0) is 20.3.